The molecule has 0 saturated carbocycles. The minimum absolute atomic E-state index is 0.207. The van der Waals surface area contributed by atoms with E-state index in [1.807, 2.05) is 32.0 Å². The third-order valence-electron chi connectivity index (χ3n) is 3.85. The van der Waals surface area contributed by atoms with Gasteiger partial charge in [0.25, 0.3) is 0 Å². The fraction of sp³-hybridized carbons (Fsp3) is 0.200. The van der Waals surface area contributed by atoms with Crippen LogP contribution in [0.25, 0.3) is 11.0 Å². The molecular formula is C20H18O5. The Morgan fingerprint density at radius 3 is 2.68 bits per heavy atom. The third kappa shape index (κ3) is 3.88. The zero-order valence-electron chi connectivity index (χ0n) is 14.1. The minimum atomic E-state index is -0.531. The molecule has 5 nitrogen and oxygen atoms in total. The third-order valence-corrected chi connectivity index (χ3v) is 3.85. The molecule has 0 spiro atoms. The van der Waals surface area contributed by atoms with Crippen LogP contribution in [0.1, 0.15) is 18.1 Å². The van der Waals surface area contributed by atoms with Crippen LogP contribution in [0.4, 0.5) is 0 Å². The van der Waals surface area contributed by atoms with Crippen molar-refractivity contribution in [3.63, 3.8) is 0 Å². The summed E-state index contributed by atoms with van der Waals surface area (Å²) in [6, 6.07) is 13.9. The van der Waals surface area contributed by atoms with E-state index < -0.39 is 11.6 Å². The number of ether oxygens (including phenoxy) is 2. The highest BCUT2D eigenvalue weighted by molar-refractivity contribution is 5.83. The Hall–Kier alpha value is -3.08. The van der Waals surface area contributed by atoms with E-state index in [0.717, 1.165) is 16.5 Å². The van der Waals surface area contributed by atoms with Gasteiger partial charge in [-0.15, -0.1) is 0 Å². The molecule has 128 valence electrons. The van der Waals surface area contributed by atoms with Crippen LogP contribution in [0.15, 0.2) is 57.7 Å². The number of hydrogen-bond acceptors (Lipinski definition) is 5. The lowest BCUT2D eigenvalue weighted by Crippen LogP contribution is -2.18. The second kappa shape index (κ2) is 7.21. The number of benzene rings is 2. The summed E-state index contributed by atoms with van der Waals surface area (Å²) in [5.41, 5.74) is 1.81. The Bertz CT molecular complexity index is 971. The number of rotatable bonds is 5. The van der Waals surface area contributed by atoms with E-state index in [9.17, 15) is 9.59 Å². The zero-order valence-corrected chi connectivity index (χ0v) is 14.1. The van der Waals surface area contributed by atoms with E-state index in [1.165, 1.54) is 6.07 Å². The van der Waals surface area contributed by atoms with Gasteiger partial charge in [0.1, 0.15) is 17.1 Å². The Morgan fingerprint density at radius 2 is 1.92 bits per heavy atom. The first-order valence-corrected chi connectivity index (χ1v) is 8.02. The zero-order chi connectivity index (χ0) is 17.8. The van der Waals surface area contributed by atoms with Gasteiger partial charge in [0.05, 0.1) is 0 Å². The molecule has 0 aliphatic heterocycles. The van der Waals surface area contributed by atoms with Crippen LogP contribution >= 0.6 is 0 Å². The van der Waals surface area contributed by atoms with E-state index >= 15 is 0 Å². The fourth-order valence-corrected chi connectivity index (χ4v) is 2.58. The highest BCUT2D eigenvalue weighted by atomic mass is 16.6. The minimum Gasteiger partial charge on any atom is -0.482 e. The first-order chi connectivity index (χ1) is 12.1. The molecule has 0 fully saturated rings. The van der Waals surface area contributed by atoms with Gasteiger partial charge in [-0.25, -0.2) is 9.59 Å². The van der Waals surface area contributed by atoms with Gasteiger partial charge in [-0.05, 0) is 42.7 Å². The van der Waals surface area contributed by atoms with Crippen LogP contribution in [0, 0.1) is 6.92 Å². The molecule has 0 N–H and O–H groups in total. The van der Waals surface area contributed by atoms with E-state index in [2.05, 4.69) is 0 Å². The summed E-state index contributed by atoms with van der Waals surface area (Å²) >= 11 is 0. The summed E-state index contributed by atoms with van der Waals surface area (Å²) < 4.78 is 15.9. The monoisotopic (exact) mass is 338 g/mol. The molecule has 2 aromatic carbocycles. The van der Waals surface area contributed by atoms with E-state index in [1.54, 1.807) is 24.3 Å². The van der Waals surface area contributed by atoms with E-state index in [4.69, 9.17) is 13.9 Å². The van der Waals surface area contributed by atoms with Crippen molar-refractivity contribution >= 4 is 16.9 Å². The maximum atomic E-state index is 12.0. The molecule has 25 heavy (non-hydrogen) atoms. The SMILES string of the molecule is CCc1cc(=O)oc2cc(OC(=O)COc3ccccc3C)ccc12. The molecule has 0 saturated heterocycles. The summed E-state index contributed by atoms with van der Waals surface area (Å²) in [6.07, 6.45) is 0.714. The first-order valence-electron chi connectivity index (χ1n) is 8.02. The number of para-hydroxylation sites is 1. The van der Waals surface area contributed by atoms with Crippen LogP contribution < -0.4 is 15.1 Å². The van der Waals surface area contributed by atoms with Crippen LogP contribution in [0.3, 0.4) is 0 Å². The van der Waals surface area contributed by atoms with Crippen molar-refractivity contribution in [1.82, 2.24) is 0 Å². The Labute approximate surface area is 144 Å². The number of carbonyl (C=O) groups is 1. The van der Waals surface area contributed by atoms with Crippen molar-refractivity contribution in [3.8, 4) is 11.5 Å². The number of esters is 1. The highest BCUT2D eigenvalue weighted by Crippen LogP contribution is 2.23. The molecule has 0 bridgehead atoms. The number of aryl methyl sites for hydroxylation is 2. The van der Waals surface area contributed by atoms with Crippen molar-refractivity contribution in [1.29, 1.82) is 0 Å². The van der Waals surface area contributed by atoms with Gasteiger partial charge in [0, 0.05) is 17.5 Å². The van der Waals surface area contributed by atoms with Crippen molar-refractivity contribution in [2.45, 2.75) is 20.3 Å². The lowest BCUT2D eigenvalue weighted by molar-refractivity contribution is -0.136. The average molecular weight is 338 g/mol. The smallest absolute Gasteiger partial charge is 0.349 e. The predicted octanol–water partition coefficient (Wildman–Crippen LogP) is 3.65. The summed E-state index contributed by atoms with van der Waals surface area (Å²) in [5, 5.41) is 0.832. The van der Waals surface area contributed by atoms with Gasteiger partial charge in [-0.3, -0.25) is 0 Å². The van der Waals surface area contributed by atoms with Gasteiger partial charge < -0.3 is 13.9 Å². The standard InChI is InChI=1S/C20H18O5/c1-3-14-10-19(21)25-18-11-15(8-9-16(14)18)24-20(22)12-23-17-7-5-4-6-13(17)2/h4-11H,3,12H2,1-2H3. The van der Waals surface area contributed by atoms with E-state index in [0.29, 0.717) is 23.5 Å². The molecule has 0 unspecified atom stereocenters. The number of carbonyl (C=O) groups excluding carboxylic acids is 1. The van der Waals surface area contributed by atoms with Crippen LogP contribution in [-0.4, -0.2) is 12.6 Å². The maximum Gasteiger partial charge on any atom is 0.349 e. The summed E-state index contributed by atoms with van der Waals surface area (Å²) in [6.45, 7) is 3.66. The quantitative estimate of drug-likeness (QED) is 0.404. The molecule has 0 amide bonds. The van der Waals surface area contributed by atoms with Crippen molar-refractivity contribution in [2.75, 3.05) is 6.61 Å². The highest BCUT2D eigenvalue weighted by Gasteiger charge is 2.10. The largest absolute Gasteiger partial charge is 0.482 e. The van der Waals surface area contributed by atoms with Gasteiger partial charge >= 0.3 is 11.6 Å². The van der Waals surface area contributed by atoms with Crippen molar-refractivity contribution in [3.05, 3.63) is 70.1 Å². The van der Waals surface area contributed by atoms with Crippen LogP contribution in [0.5, 0.6) is 11.5 Å². The number of fused-ring (bicyclic) bond motifs is 1. The van der Waals surface area contributed by atoms with Crippen molar-refractivity contribution in [2.24, 2.45) is 0 Å². The molecule has 0 radical (unpaired) electrons. The van der Waals surface area contributed by atoms with Crippen LogP contribution in [-0.2, 0) is 11.2 Å². The summed E-state index contributed by atoms with van der Waals surface area (Å²) in [7, 11) is 0. The molecule has 0 aliphatic carbocycles. The molecule has 1 aromatic heterocycles. The fourth-order valence-electron chi connectivity index (χ4n) is 2.58. The van der Waals surface area contributed by atoms with Crippen LogP contribution in [0.2, 0.25) is 0 Å². The molecule has 3 rings (SSSR count). The molecule has 1 heterocycles. The Balaban J connectivity index is 1.73. The second-order valence-corrected chi connectivity index (χ2v) is 5.63. The molecule has 5 heteroatoms. The number of hydrogen-bond donors (Lipinski definition) is 0. The van der Waals surface area contributed by atoms with Crippen molar-refractivity contribution < 1.29 is 18.7 Å². The summed E-state index contributed by atoms with van der Waals surface area (Å²) in [4.78, 5) is 23.6. The molecular weight excluding hydrogens is 320 g/mol. The summed E-state index contributed by atoms with van der Waals surface area (Å²) in [5.74, 6) is 0.412. The lowest BCUT2D eigenvalue weighted by atomic mass is 10.1. The maximum absolute atomic E-state index is 12.0. The predicted molar refractivity (Wildman–Crippen MR) is 94.2 cm³/mol. The first kappa shape index (κ1) is 16.8. The van der Waals surface area contributed by atoms with Gasteiger partial charge in [-0.1, -0.05) is 25.1 Å². The van der Waals surface area contributed by atoms with Gasteiger partial charge in [-0.2, -0.15) is 0 Å². The Morgan fingerprint density at radius 1 is 1.12 bits per heavy atom. The van der Waals surface area contributed by atoms with Gasteiger partial charge in [0.2, 0.25) is 0 Å². The van der Waals surface area contributed by atoms with E-state index in [-0.39, 0.29) is 6.61 Å². The molecule has 0 aliphatic rings. The topological polar surface area (TPSA) is 65.7 Å². The average Bonchev–Trinajstić information content (AvgIpc) is 2.60. The molecule has 3 aromatic rings. The Kier molecular flexibility index (Phi) is 4.84. The normalized spacial score (nSPS) is 10.6. The second-order valence-electron chi connectivity index (χ2n) is 5.63. The van der Waals surface area contributed by atoms with Gasteiger partial charge in [0.15, 0.2) is 6.61 Å². The molecule has 0 atom stereocenters. The lowest BCUT2D eigenvalue weighted by Gasteiger charge is -2.09.